The summed E-state index contributed by atoms with van der Waals surface area (Å²) in [6.07, 6.45) is 0.0755. The van der Waals surface area contributed by atoms with E-state index in [0.717, 1.165) is 17.1 Å². The van der Waals surface area contributed by atoms with Crippen LogP contribution in [0.2, 0.25) is 0 Å². The third-order valence-corrected chi connectivity index (χ3v) is 4.72. The monoisotopic (exact) mass is 302 g/mol. The lowest BCUT2D eigenvalue weighted by atomic mass is 10.0. The van der Waals surface area contributed by atoms with Gasteiger partial charge in [0.2, 0.25) is 0 Å². The van der Waals surface area contributed by atoms with E-state index in [1.807, 2.05) is 19.2 Å². The Morgan fingerprint density at radius 3 is 2.43 bits per heavy atom. The number of aryl methyl sites for hydroxylation is 1. The van der Waals surface area contributed by atoms with Gasteiger partial charge in [-0.1, -0.05) is 12.1 Å². The van der Waals surface area contributed by atoms with Gasteiger partial charge >= 0.3 is 0 Å². The Kier molecular flexibility index (Phi) is 3.47. The van der Waals surface area contributed by atoms with Crippen LogP contribution in [0.1, 0.15) is 29.2 Å². The lowest BCUT2D eigenvalue weighted by Crippen LogP contribution is -2.36. The molecule has 0 aromatic heterocycles. The zero-order valence-corrected chi connectivity index (χ0v) is 13.8. The molecule has 0 bridgehead atoms. The number of rotatable bonds is 1. The summed E-state index contributed by atoms with van der Waals surface area (Å²) in [7, 11) is 1.99. The second kappa shape index (κ2) is 5.34. The largest absolute Gasteiger partial charge is 0.351 e. The van der Waals surface area contributed by atoms with E-state index in [4.69, 9.17) is 0 Å². The molecule has 1 heterocycles. The van der Waals surface area contributed by atoms with Crippen LogP contribution >= 0.6 is 0 Å². The Bertz CT molecular complexity index is 870. The van der Waals surface area contributed by atoms with Crippen LogP contribution in [-0.4, -0.2) is 13.2 Å². The van der Waals surface area contributed by atoms with Gasteiger partial charge in [0.25, 0.3) is 0 Å². The van der Waals surface area contributed by atoms with Crippen LogP contribution in [0, 0.1) is 36.5 Å². The molecule has 1 atom stereocenters. The zero-order valence-electron chi connectivity index (χ0n) is 13.8. The molecule has 4 heteroatoms. The van der Waals surface area contributed by atoms with E-state index in [2.05, 4.69) is 54.8 Å². The van der Waals surface area contributed by atoms with Crippen molar-refractivity contribution in [3.05, 3.63) is 52.6 Å². The summed E-state index contributed by atoms with van der Waals surface area (Å²) < 4.78 is 0. The standard InChI is InChI=1S/C19H18N4/c1-12-6-5-7-17(13(12)2)23-14(3)22(4)19-16(11-21)8-15(10-20)9-18(19)23/h5-9,14H,1-4H3/t14-/m0/s1. The molecule has 2 aromatic rings. The third-order valence-electron chi connectivity index (χ3n) is 4.72. The van der Waals surface area contributed by atoms with Crippen LogP contribution in [0.3, 0.4) is 0 Å². The van der Waals surface area contributed by atoms with E-state index in [1.54, 1.807) is 6.07 Å². The summed E-state index contributed by atoms with van der Waals surface area (Å²) in [5.41, 5.74) is 6.41. The lowest BCUT2D eigenvalue weighted by molar-refractivity contribution is 0.732. The molecule has 0 saturated heterocycles. The number of benzene rings is 2. The second-order valence-corrected chi connectivity index (χ2v) is 5.95. The van der Waals surface area contributed by atoms with Gasteiger partial charge in [-0.25, -0.2) is 0 Å². The molecule has 0 saturated carbocycles. The average Bonchev–Trinajstić information content (AvgIpc) is 2.81. The van der Waals surface area contributed by atoms with Crippen molar-refractivity contribution < 1.29 is 0 Å². The summed E-state index contributed by atoms with van der Waals surface area (Å²) in [5, 5.41) is 18.8. The normalized spacial score (nSPS) is 16.0. The van der Waals surface area contributed by atoms with Gasteiger partial charge < -0.3 is 9.80 Å². The predicted octanol–water partition coefficient (Wildman–Crippen LogP) is 3.98. The maximum absolute atomic E-state index is 9.48. The first-order valence-electron chi connectivity index (χ1n) is 7.56. The van der Waals surface area contributed by atoms with E-state index in [0.29, 0.717) is 11.1 Å². The summed E-state index contributed by atoms with van der Waals surface area (Å²) in [6, 6.07) is 14.2. The molecule has 1 aliphatic rings. The zero-order chi connectivity index (χ0) is 16.7. The summed E-state index contributed by atoms with van der Waals surface area (Å²) in [6.45, 7) is 6.31. The smallest absolute Gasteiger partial charge is 0.103 e. The van der Waals surface area contributed by atoms with Crippen LogP contribution in [0.5, 0.6) is 0 Å². The number of anilines is 3. The average molecular weight is 302 g/mol. The van der Waals surface area contributed by atoms with Gasteiger partial charge in [-0.15, -0.1) is 0 Å². The molecule has 114 valence electrons. The van der Waals surface area contributed by atoms with Gasteiger partial charge in [-0.3, -0.25) is 0 Å². The van der Waals surface area contributed by atoms with Crippen molar-refractivity contribution in [2.24, 2.45) is 0 Å². The van der Waals surface area contributed by atoms with Gasteiger partial charge in [-0.05, 0) is 50.1 Å². The number of fused-ring (bicyclic) bond motifs is 1. The molecule has 0 radical (unpaired) electrons. The predicted molar refractivity (Wildman–Crippen MR) is 91.8 cm³/mol. The SMILES string of the molecule is Cc1cccc(N2c3cc(C#N)cc(C#N)c3N(C)[C@@H]2C)c1C. The maximum Gasteiger partial charge on any atom is 0.103 e. The van der Waals surface area contributed by atoms with Gasteiger partial charge in [0.1, 0.15) is 12.2 Å². The molecule has 0 spiro atoms. The Labute approximate surface area is 136 Å². The minimum Gasteiger partial charge on any atom is -0.351 e. The van der Waals surface area contributed by atoms with E-state index in [9.17, 15) is 10.5 Å². The summed E-state index contributed by atoms with van der Waals surface area (Å²) >= 11 is 0. The second-order valence-electron chi connectivity index (χ2n) is 5.95. The van der Waals surface area contributed by atoms with Crippen molar-refractivity contribution in [2.75, 3.05) is 16.8 Å². The van der Waals surface area contributed by atoms with Gasteiger partial charge in [-0.2, -0.15) is 10.5 Å². The van der Waals surface area contributed by atoms with Crippen LogP contribution < -0.4 is 9.80 Å². The van der Waals surface area contributed by atoms with Gasteiger partial charge in [0.05, 0.1) is 28.6 Å². The summed E-state index contributed by atoms with van der Waals surface area (Å²) in [5.74, 6) is 0. The van der Waals surface area contributed by atoms with Gasteiger partial charge in [0, 0.05) is 12.7 Å². The Morgan fingerprint density at radius 1 is 1.04 bits per heavy atom. The minimum atomic E-state index is 0.0755. The van der Waals surface area contributed by atoms with E-state index < -0.39 is 0 Å². The molecular formula is C19H18N4. The highest BCUT2D eigenvalue weighted by Gasteiger charge is 2.34. The molecule has 0 fully saturated rings. The lowest BCUT2D eigenvalue weighted by Gasteiger charge is -2.29. The topological polar surface area (TPSA) is 54.1 Å². The van der Waals surface area contributed by atoms with E-state index >= 15 is 0 Å². The fraction of sp³-hybridized carbons (Fsp3) is 0.263. The number of nitrogens with zero attached hydrogens (tertiary/aromatic N) is 4. The molecule has 4 nitrogen and oxygen atoms in total. The van der Waals surface area contributed by atoms with Crippen molar-refractivity contribution in [2.45, 2.75) is 26.9 Å². The highest BCUT2D eigenvalue weighted by atomic mass is 15.4. The van der Waals surface area contributed by atoms with Crippen LogP contribution in [0.4, 0.5) is 17.1 Å². The summed E-state index contributed by atoms with van der Waals surface area (Å²) in [4.78, 5) is 4.30. The Balaban J connectivity index is 2.30. The first-order valence-corrected chi connectivity index (χ1v) is 7.56. The van der Waals surface area contributed by atoms with Crippen molar-refractivity contribution in [3.8, 4) is 12.1 Å². The molecule has 0 N–H and O–H groups in total. The van der Waals surface area contributed by atoms with Crippen LogP contribution in [0.25, 0.3) is 0 Å². The van der Waals surface area contributed by atoms with E-state index in [1.165, 1.54) is 11.1 Å². The van der Waals surface area contributed by atoms with E-state index in [-0.39, 0.29) is 6.17 Å². The number of hydrogen-bond acceptors (Lipinski definition) is 4. The van der Waals surface area contributed by atoms with Crippen molar-refractivity contribution >= 4 is 17.1 Å². The first kappa shape index (κ1) is 14.9. The minimum absolute atomic E-state index is 0.0755. The Morgan fingerprint density at radius 2 is 1.78 bits per heavy atom. The quantitative estimate of drug-likeness (QED) is 0.799. The molecule has 2 aromatic carbocycles. The fourth-order valence-corrected chi connectivity index (χ4v) is 3.21. The number of hydrogen-bond donors (Lipinski definition) is 0. The molecule has 23 heavy (non-hydrogen) atoms. The number of nitriles is 2. The fourth-order valence-electron chi connectivity index (χ4n) is 3.21. The highest BCUT2D eigenvalue weighted by Crippen LogP contribution is 2.46. The molecule has 3 rings (SSSR count). The van der Waals surface area contributed by atoms with Crippen molar-refractivity contribution in [3.63, 3.8) is 0 Å². The molecule has 0 aliphatic carbocycles. The van der Waals surface area contributed by atoms with Crippen molar-refractivity contribution in [1.29, 1.82) is 10.5 Å². The highest BCUT2D eigenvalue weighted by molar-refractivity contribution is 5.89. The first-order chi connectivity index (χ1) is 11.0. The maximum atomic E-state index is 9.48. The molecular weight excluding hydrogens is 284 g/mol. The van der Waals surface area contributed by atoms with Gasteiger partial charge in [0.15, 0.2) is 0 Å². The van der Waals surface area contributed by atoms with Crippen molar-refractivity contribution in [1.82, 2.24) is 0 Å². The molecule has 1 aliphatic heterocycles. The third kappa shape index (κ3) is 2.12. The Hall–Kier alpha value is -2.98. The van der Waals surface area contributed by atoms with Crippen LogP contribution in [-0.2, 0) is 0 Å². The molecule has 0 amide bonds. The molecule has 0 unspecified atom stereocenters. The van der Waals surface area contributed by atoms with Crippen LogP contribution in [0.15, 0.2) is 30.3 Å².